The molecule has 0 spiro atoms. The van der Waals surface area contributed by atoms with Gasteiger partial charge in [-0.25, -0.2) is 9.50 Å². The fourth-order valence-electron chi connectivity index (χ4n) is 3.11. The average Bonchev–Trinajstić information content (AvgIpc) is 2.96. The second-order valence-corrected chi connectivity index (χ2v) is 5.75. The molecule has 1 aliphatic rings. The Morgan fingerprint density at radius 1 is 1.29 bits per heavy atom. The van der Waals surface area contributed by atoms with Gasteiger partial charge in [0.25, 0.3) is 5.56 Å². The summed E-state index contributed by atoms with van der Waals surface area (Å²) in [5.74, 6) is 0. The second kappa shape index (κ2) is 4.66. The molecule has 1 aliphatic heterocycles. The molecule has 0 N–H and O–H groups in total. The lowest BCUT2D eigenvalue weighted by molar-refractivity contribution is 0.219. The zero-order valence-electron chi connectivity index (χ0n) is 11.9. The molecule has 0 saturated carbocycles. The van der Waals surface area contributed by atoms with Gasteiger partial charge in [0.15, 0.2) is 5.65 Å². The number of hydrogen-bond donors (Lipinski definition) is 0. The van der Waals surface area contributed by atoms with Crippen molar-refractivity contribution in [1.29, 1.82) is 0 Å². The van der Waals surface area contributed by atoms with Crippen LogP contribution in [0.4, 0.5) is 0 Å². The molecule has 3 aromatic rings. The monoisotopic (exact) mass is 283 g/mol. The summed E-state index contributed by atoms with van der Waals surface area (Å²) in [6.45, 7) is 2.07. The summed E-state index contributed by atoms with van der Waals surface area (Å²) < 4.78 is 3.59. The van der Waals surface area contributed by atoms with Gasteiger partial charge >= 0.3 is 0 Å². The third-order valence-corrected chi connectivity index (χ3v) is 4.36. The molecular weight excluding hydrogens is 266 g/mol. The second-order valence-electron chi connectivity index (χ2n) is 5.75. The number of aromatic nitrogens is 4. The van der Waals surface area contributed by atoms with Crippen molar-refractivity contribution in [3.05, 3.63) is 41.1 Å². The molecular formula is C15H17N5O. The van der Waals surface area contributed by atoms with Gasteiger partial charge in [0.1, 0.15) is 0 Å². The van der Waals surface area contributed by atoms with Gasteiger partial charge in [-0.05, 0) is 33.0 Å². The van der Waals surface area contributed by atoms with Crippen molar-refractivity contribution in [2.45, 2.75) is 18.9 Å². The number of pyridine rings is 1. The Balaban J connectivity index is 1.85. The Hall–Kier alpha value is -2.21. The third-order valence-electron chi connectivity index (χ3n) is 4.36. The van der Waals surface area contributed by atoms with Crippen molar-refractivity contribution >= 4 is 16.6 Å². The SMILES string of the molecule is CN1CCC(n2cc3cnc4ccnn4c3cc2=O)CC1. The molecule has 0 bridgehead atoms. The lowest BCUT2D eigenvalue weighted by Crippen LogP contribution is -2.35. The van der Waals surface area contributed by atoms with Gasteiger partial charge in [-0.1, -0.05) is 0 Å². The van der Waals surface area contributed by atoms with Gasteiger partial charge in [-0.2, -0.15) is 5.10 Å². The molecule has 0 aliphatic carbocycles. The molecule has 3 aromatic heterocycles. The molecule has 4 heterocycles. The zero-order valence-corrected chi connectivity index (χ0v) is 11.9. The van der Waals surface area contributed by atoms with Crippen LogP contribution in [0.25, 0.3) is 16.6 Å². The van der Waals surface area contributed by atoms with E-state index >= 15 is 0 Å². The molecule has 0 unspecified atom stereocenters. The van der Waals surface area contributed by atoms with E-state index in [1.54, 1.807) is 16.8 Å². The molecule has 108 valence electrons. The molecule has 0 aromatic carbocycles. The van der Waals surface area contributed by atoms with E-state index in [1.165, 1.54) is 0 Å². The van der Waals surface area contributed by atoms with Crippen LogP contribution >= 0.6 is 0 Å². The van der Waals surface area contributed by atoms with Crippen LogP contribution in [0.2, 0.25) is 0 Å². The summed E-state index contributed by atoms with van der Waals surface area (Å²) in [6, 6.07) is 3.79. The number of fused-ring (bicyclic) bond motifs is 3. The maximum Gasteiger partial charge on any atom is 0.252 e. The van der Waals surface area contributed by atoms with E-state index in [2.05, 4.69) is 22.0 Å². The lowest BCUT2D eigenvalue weighted by Gasteiger charge is -2.30. The average molecular weight is 283 g/mol. The quantitative estimate of drug-likeness (QED) is 0.676. The van der Waals surface area contributed by atoms with Crippen molar-refractivity contribution < 1.29 is 0 Å². The van der Waals surface area contributed by atoms with Gasteiger partial charge in [0.05, 0.1) is 11.7 Å². The fourth-order valence-corrected chi connectivity index (χ4v) is 3.11. The molecule has 0 amide bonds. The van der Waals surface area contributed by atoms with Gasteiger partial charge in [0, 0.05) is 36.0 Å². The Morgan fingerprint density at radius 3 is 2.90 bits per heavy atom. The molecule has 1 saturated heterocycles. The van der Waals surface area contributed by atoms with Crippen LogP contribution in [0.1, 0.15) is 18.9 Å². The highest BCUT2D eigenvalue weighted by atomic mass is 16.1. The highest BCUT2D eigenvalue weighted by Gasteiger charge is 2.19. The summed E-state index contributed by atoms with van der Waals surface area (Å²) in [5, 5.41) is 5.19. The Morgan fingerprint density at radius 2 is 2.10 bits per heavy atom. The summed E-state index contributed by atoms with van der Waals surface area (Å²) in [7, 11) is 2.12. The number of likely N-dealkylation sites (tertiary alicyclic amines) is 1. The Labute approximate surface area is 121 Å². The minimum absolute atomic E-state index is 0.0417. The van der Waals surface area contributed by atoms with E-state index in [-0.39, 0.29) is 11.6 Å². The molecule has 6 nitrogen and oxygen atoms in total. The van der Waals surface area contributed by atoms with E-state index in [1.807, 2.05) is 23.0 Å². The molecule has 6 heteroatoms. The summed E-state index contributed by atoms with van der Waals surface area (Å²) in [4.78, 5) is 19.1. The molecule has 21 heavy (non-hydrogen) atoms. The van der Waals surface area contributed by atoms with Crippen molar-refractivity contribution in [3.63, 3.8) is 0 Å². The van der Waals surface area contributed by atoms with Gasteiger partial charge in [-0.3, -0.25) is 4.79 Å². The van der Waals surface area contributed by atoms with E-state index < -0.39 is 0 Å². The maximum absolute atomic E-state index is 12.5. The van der Waals surface area contributed by atoms with Crippen molar-refractivity contribution in [2.75, 3.05) is 20.1 Å². The Kier molecular flexibility index (Phi) is 2.78. The summed E-state index contributed by atoms with van der Waals surface area (Å²) in [6.07, 6.45) is 7.47. The molecule has 4 rings (SSSR count). The van der Waals surface area contributed by atoms with Gasteiger partial charge in [-0.15, -0.1) is 0 Å². The van der Waals surface area contributed by atoms with Crippen LogP contribution in [0.3, 0.4) is 0 Å². The first-order valence-electron chi connectivity index (χ1n) is 7.25. The normalized spacial score (nSPS) is 17.8. The first kappa shape index (κ1) is 12.5. The van der Waals surface area contributed by atoms with E-state index in [0.29, 0.717) is 0 Å². The smallest absolute Gasteiger partial charge is 0.252 e. The van der Waals surface area contributed by atoms with Crippen LogP contribution in [0, 0.1) is 0 Å². The number of nitrogens with zero attached hydrogens (tertiary/aromatic N) is 5. The fraction of sp³-hybridized carbons (Fsp3) is 0.400. The largest absolute Gasteiger partial charge is 0.312 e. The first-order chi connectivity index (χ1) is 10.2. The van der Waals surface area contributed by atoms with Crippen LogP contribution < -0.4 is 5.56 Å². The van der Waals surface area contributed by atoms with E-state index in [9.17, 15) is 4.79 Å². The van der Waals surface area contributed by atoms with Crippen LogP contribution in [0.5, 0.6) is 0 Å². The number of piperidine rings is 1. The van der Waals surface area contributed by atoms with Gasteiger partial charge in [0.2, 0.25) is 0 Å². The van der Waals surface area contributed by atoms with Crippen LogP contribution in [-0.4, -0.2) is 44.2 Å². The molecule has 1 fully saturated rings. The van der Waals surface area contributed by atoms with Gasteiger partial charge < -0.3 is 9.47 Å². The van der Waals surface area contributed by atoms with E-state index in [0.717, 1.165) is 42.5 Å². The first-order valence-corrected chi connectivity index (χ1v) is 7.25. The predicted molar refractivity (Wildman–Crippen MR) is 80.5 cm³/mol. The predicted octanol–water partition coefficient (Wildman–Crippen LogP) is 1.31. The van der Waals surface area contributed by atoms with Crippen molar-refractivity contribution in [1.82, 2.24) is 24.1 Å². The molecule has 0 radical (unpaired) electrons. The zero-order chi connectivity index (χ0) is 14.4. The number of hydrogen-bond acceptors (Lipinski definition) is 4. The maximum atomic E-state index is 12.5. The molecule has 0 atom stereocenters. The highest BCUT2D eigenvalue weighted by Crippen LogP contribution is 2.21. The standard InChI is InChI=1S/C15H17N5O/c1-18-6-3-12(4-7-18)19-10-11-9-16-14-2-5-17-20(14)13(11)8-15(19)21/h2,5,8-10,12H,3-4,6-7H2,1H3. The highest BCUT2D eigenvalue weighted by molar-refractivity contribution is 5.79. The van der Waals surface area contributed by atoms with Crippen molar-refractivity contribution in [3.8, 4) is 0 Å². The summed E-state index contributed by atoms with van der Waals surface area (Å²) >= 11 is 0. The number of rotatable bonds is 1. The van der Waals surface area contributed by atoms with Crippen molar-refractivity contribution in [2.24, 2.45) is 0 Å². The third kappa shape index (κ3) is 2.03. The van der Waals surface area contributed by atoms with Crippen LogP contribution in [-0.2, 0) is 0 Å². The minimum Gasteiger partial charge on any atom is -0.312 e. The minimum atomic E-state index is 0.0417. The Bertz CT molecular complexity index is 857. The van der Waals surface area contributed by atoms with Crippen LogP contribution in [0.15, 0.2) is 35.5 Å². The lowest BCUT2D eigenvalue weighted by atomic mass is 10.1. The van der Waals surface area contributed by atoms with E-state index in [4.69, 9.17) is 0 Å². The summed E-state index contributed by atoms with van der Waals surface area (Å²) in [5.41, 5.74) is 1.62. The topological polar surface area (TPSA) is 55.4 Å².